The van der Waals surface area contributed by atoms with Crippen LogP contribution in [0.15, 0.2) is 77.7 Å². The van der Waals surface area contributed by atoms with Crippen LogP contribution in [-0.4, -0.2) is 54.3 Å². The van der Waals surface area contributed by atoms with Crippen LogP contribution in [0.4, 0.5) is 0 Å². The first kappa shape index (κ1) is 32.8. The molecule has 7 nitrogen and oxygen atoms in total. The number of carboxylic acid groups (broad SMARTS) is 1. The van der Waals surface area contributed by atoms with E-state index in [4.69, 9.17) is 0 Å². The van der Waals surface area contributed by atoms with E-state index in [-0.39, 0.29) is 11.4 Å². The summed E-state index contributed by atoms with van der Waals surface area (Å²) in [5, 5.41) is 12.4. The minimum Gasteiger partial charge on any atom is -0.480 e. The van der Waals surface area contributed by atoms with Gasteiger partial charge in [0.15, 0.2) is 0 Å². The summed E-state index contributed by atoms with van der Waals surface area (Å²) in [4.78, 5) is 25.6. The fourth-order valence-corrected chi connectivity index (χ4v) is 7.68. The molecule has 1 saturated carbocycles. The van der Waals surface area contributed by atoms with Gasteiger partial charge in [0.25, 0.3) is 5.91 Å². The molecule has 3 aromatic rings. The van der Waals surface area contributed by atoms with Crippen LogP contribution in [0.1, 0.15) is 66.4 Å². The van der Waals surface area contributed by atoms with E-state index in [0.29, 0.717) is 35.8 Å². The highest BCUT2D eigenvalue weighted by molar-refractivity contribution is 7.98. The van der Waals surface area contributed by atoms with Crippen molar-refractivity contribution in [3.63, 3.8) is 0 Å². The normalized spacial score (nSPS) is 14.9. The van der Waals surface area contributed by atoms with Crippen molar-refractivity contribution < 1.29 is 23.1 Å². The fraction of sp³-hybridized carbons (Fsp3) is 0.412. The number of rotatable bonds is 14. The largest absolute Gasteiger partial charge is 0.480 e. The lowest BCUT2D eigenvalue weighted by atomic mass is 9.87. The molecule has 2 N–H and O–H groups in total. The van der Waals surface area contributed by atoms with Crippen molar-refractivity contribution in [2.45, 2.75) is 69.4 Å². The first-order chi connectivity index (χ1) is 20.7. The lowest BCUT2D eigenvalue weighted by Crippen LogP contribution is -2.41. The Bertz CT molecular complexity index is 1490. The molecule has 1 amide bonds. The fourth-order valence-electron chi connectivity index (χ4n) is 5.75. The third-order valence-corrected chi connectivity index (χ3v) is 10.7. The Balaban J connectivity index is 1.69. The van der Waals surface area contributed by atoms with Crippen molar-refractivity contribution in [2.75, 3.05) is 18.6 Å². The summed E-state index contributed by atoms with van der Waals surface area (Å²) in [6.07, 6.45) is 8.92. The van der Waals surface area contributed by atoms with Crippen LogP contribution < -0.4 is 5.32 Å². The first-order valence-corrected chi connectivity index (χ1v) is 17.8. The number of thioether (sulfide) groups is 1. The Labute approximate surface area is 260 Å². The van der Waals surface area contributed by atoms with E-state index < -0.39 is 27.9 Å². The second-order valence-corrected chi connectivity index (χ2v) is 14.2. The zero-order valence-electron chi connectivity index (χ0n) is 25.0. The van der Waals surface area contributed by atoms with Crippen LogP contribution in [0.3, 0.4) is 0 Å². The molecule has 3 aromatic carbocycles. The maximum Gasteiger partial charge on any atom is 0.326 e. The van der Waals surface area contributed by atoms with Crippen LogP contribution in [-0.2, 0) is 21.4 Å². The van der Waals surface area contributed by atoms with Gasteiger partial charge in [-0.3, -0.25) is 4.79 Å². The van der Waals surface area contributed by atoms with Gasteiger partial charge in [0.05, 0.1) is 4.90 Å². The molecule has 0 aromatic heterocycles. The third kappa shape index (κ3) is 8.71. The van der Waals surface area contributed by atoms with E-state index in [1.165, 1.54) is 31.0 Å². The number of aryl methyl sites for hydroxylation is 1. The summed E-state index contributed by atoms with van der Waals surface area (Å²) in [7, 11) is -3.76. The number of sulfonamides is 1. The second kappa shape index (κ2) is 15.5. The van der Waals surface area contributed by atoms with E-state index in [1.807, 2.05) is 43.5 Å². The minimum atomic E-state index is -3.76. The summed E-state index contributed by atoms with van der Waals surface area (Å²) in [5.41, 5.74) is 3.55. The number of aliphatic carboxylic acids is 1. The number of nitrogens with zero attached hydrogens (tertiary/aromatic N) is 1. The van der Waals surface area contributed by atoms with E-state index in [0.717, 1.165) is 36.0 Å². The van der Waals surface area contributed by atoms with Crippen molar-refractivity contribution in [3.05, 3.63) is 89.5 Å². The van der Waals surface area contributed by atoms with Crippen molar-refractivity contribution >= 4 is 33.7 Å². The molecule has 0 spiro atoms. The molecular formula is C34H42N2O5S2. The molecule has 0 heterocycles. The second-order valence-electron chi connectivity index (χ2n) is 11.3. The summed E-state index contributed by atoms with van der Waals surface area (Å²) >= 11 is 1.52. The molecule has 0 aliphatic heterocycles. The number of nitrogens with one attached hydrogen (secondary N) is 1. The van der Waals surface area contributed by atoms with E-state index in [1.54, 1.807) is 46.8 Å². The van der Waals surface area contributed by atoms with E-state index in [2.05, 4.69) is 5.32 Å². The molecule has 230 valence electrons. The predicted octanol–water partition coefficient (Wildman–Crippen LogP) is 6.76. The molecule has 1 fully saturated rings. The monoisotopic (exact) mass is 622 g/mol. The summed E-state index contributed by atoms with van der Waals surface area (Å²) in [5.74, 6) is -0.419. The van der Waals surface area contributed by atoms with Crippen molar-refractivity contribution in [1.29, 1.82) is 0 Å². The molecule has 0 unspecified atom stereocenters. The first-order valence-electron chi connectivity index (χ1n) is 15.0. The summed E-state index contributed by atoms with van der Waals surface area (Å²) in [6, 6.07) is 20.6. The zero-order chi connectivity index (χ0) is 30.8. The Kier molecular flexibility index (Phi) is 11.8. The maximum absolute atomic E-state index is 13.9. The van der Waals surface area contributed by atoms with Gasteiger partial charge in [0.2, 0.25) is 10.0 Å². The topological polar surface area (TPSA) is 104 Å². The van der Waals surface area contributed by atoms with Gasteiger partial charge >= 0.3 is 5.97 Å². The molecule has 9 heteroatoms. The van der Waals surface area contributed by atoms with Gasteiger partial charge < -0.3 is 10.4 Å². The number of amides is 1. The van der Waals surface area contributed by atoms with E-state index in [9.17, 15) is 23.1 Å². The lowest BCUT2D eigenvalue weighted by molar-refractivity contribution is -0.139. The molecular weight excluding hydrogens is 581 g/mol. The molecule has 1 atom stereocenters. The van der Waals surface area contributed by atoms with Crippen LogP contribution >= 0.6 is 11.8 Å². The van der Waals surface area contributed by atoms with Crippen LogP contribution in [0.5, 0.6) is 0 Å². The predicted molar refractivity (Wildman–Crippen MR) is 174 cm³/mol. The Morgan fingerprint density at radius 1 is 0.977 bits per heavy atom. The molecule has 0 radical (unpaired) electrons. The number of carboxylic acids is 1. The summed E-state index contributed by atoms with van der Waals surface area (Å²) in [6.45, 7) is 2.54. The highest BCUT2D eigenvalue weighted by Crippen LogP contribution is 2.31. The van der Waals surface area contributed by atoms with Crippen LogP contribution in [0.2, 0.25) is 0 Å². The molecule has 1 aliphatic rings. The van der Waals surface area contributed by atoms with Gasteiger partial charge in [0, 0.05) is 18.7 Å². The maximum atomic E-state index is 13.9. The summed E-state index contributed by atoms with van der Waals surface area (Å²) < 4.78 is 29.3. The number of hydrogen-bond donors (Lipinski definition) is 2. The SMILES string of the molecule is CSCC[C@H](NC(=O)c1ccc(CN(CCC2CCCCC2)S(=O)(=O)c2ccccc2)cc1-c1ccccc1C)C(=O)O. The number of carbonyl (C=O) groups excluding carboxylic acids is 1. The van der Waals surface area contributed by atoms with Gasteiger partial charge in [-0.05, 0) is 84.2 Å². The molecule has 43 heavy (non-hydrogen) atoms. The van der Waals surface area contributed by atoms with Crippen molar-refractivity contribution in [3.8, 4) is 11.1 Å². The molecule has 1 aliphatic carbocycles. The van der Waals surface area contributed by atoms with Crippen LogP contribution in [0, 0.1) is 12.8 Å². The highest BCUT2D eigenvalue weighted by Gasteiger charge is 2.27. The highest BCUT2D eigenvalue weighted by atomic mass is 32.2. The molecule has 0 saturated heterocycles. The van der Waals surface area contributed by atoms with Gasteiger partial charge in [-0.25, -0.2) is 13.2 Å². The van der Waals surface area contributed by atoms with Gasteiger partial charge in [-0.1, -0.05) is 80.6 Å². The smallest absolute Gasteiger partial charge is 0.326 e. The Morgan fingerprint density at radius 2 is 1.67 bits per heavy atom. The number of carbonyl (C=O) groups is 2. The van der Waals surface area contributed by atoms with Gasteiger partial charge in [-0.15, -0.1) is 0 Å². The standard InChI is InChI=1S/C34H42N2O5S2/c1-25-11-9-10-16-29(25)31-23-27(17-18-30(31)33(37)35-32(34(38)39)20-22-42-2)24-36(21-19-26-12-5-3-6-13-26)43(40,41)28-14-7-4-8-15-28/h4,7-11,14-18,23,26,32H,3,5-6,12-13,19-22,24H2,1-2H3,(H,35,37)(H,38,39)/t32-/m0/s1. The number of hydrogen-bond acceptors (Lipinski definition) is 5. The number of benzene rings is 3. The third-order valence-electron chi connectivity index (χ3n) is 8.23. The quantitative estimate of drug-likeness (QED) is 0.206. The average molecular weight is 623 g/mol. The average Bonchev–Trinajstić information content (AvgIpc) is 3.02. The minimum absolute atomic E-state index is 0.163. The van der Waals surface area contributed by atoms with Crippen molar-refractivity contribution in [1.82, 2.24) is 9.62 Å². The van der Waals surface area contributed by atoms with Crippen molar-refractivity contribution in [2.24, 2.45) is 5.92 Å². The van der Waals surface area contributed by atoms with Crippen LogP contribution in [0.25, 0.3) is 11.1 Å². The Hall–Kier alpha value is -3.14. The van der Waals surface area contributed by atoms with E-state index >= 15 is 0 Å². The van der Waals surface area contributed by atoms with Gasteiger partial charge in [-0.2, -0.15) is 16.1 Å². The molecule has 0 bridgehead atoms. The lowest BCUT2D eigenvalue weighted by Gasteiger charge is -2.27. The zero-order valence-corrected chi connectivity index (χ0v) is 26.6. The Morgan fingerprint density at radius 3 is 2.35 bits per heavy atom. The van der Waals surface area contributed by atoms with Gasteiger partial charge in [0.1, 0.15) is 6.04 Å². The molecule has 4 rings (SSSR count).